The number of para-hydroxylation sites is 1. The van der Waals surface area contributed by atoms with E-state index in [9.17, 15) is 4.79 Å². The normalized spacial score (nSPS) is 13.8. The van der Waals surface area contributed by atoms with Gasteiger partial charge in [0.1, 0.15) is 0 Å². The lowest BCUT2D eigenvalue weighted by atomic mass is 10.0. The molecule has 0 radical (unpaired) electrons. The van der Waals surface area contributed by atoms with Gasteiger partial charge in [0.25, 0.3) is 0 Å². The highest BCUT2D eigenvalue weighted by Gasteiger charge is 2.21. The minimum Gasteiger partial charge on any atom is -0.462 e. The zero-order valence-electron chi connectivity index (χ0n) is 14.3. The quantitative estimate of drug-likeness (QED) is 0.821. The fourth-order valence-corrected chi connectivity index (χ4v) is 3.17. The molecule has 0 spiro atoms. The smallest absolute Gasteiger partial charge is 0.338 e. The first-order chi connectivity index (χ1) is 11.7. The van der Waals surface area contributed by atoms with E-state index in [1.807, 2.05) is 56.3 Å². The van der Waals surface area contributed by atoms with Gasteiger partial charge in [0.15, 0.2) is 0 Å². The van der Waals surface area contributed by atoms with Crippen molar-refractivity contribution in [1.29, 1.82) is 0 Å². The second kappa shape index (κ2) is 7.39. The number of ether oxygens (including phenoxy) is 1. The van der Waals surface area contributed by atoms with Crippen LogP contribution >= 0.6 is 0 Å². The number of nitrogens with one attached hydrogen (secondary N) is 1. The van der Waals surface area contributed by atoms with E-state index in [0.29, 0.717) is 12.2 Å². The van der Waals surface area contributed by atoms with Crippen molar-refractivity contribution in [2.75, 3.05) is 29.9 Å². The predicted molar refractivity (Wildman–Crippen MR) is 98.3 cm³/mol. The van der Waals surface area contributed by atoms with Gasteiger partial charge in [0.2, 0.25) is 0 Å². The Labute approximate surface area is 143 Å². The highest BCUT2D eigenvalue weighted by Crippen LogP contribution is 2.36. The minimum atomic E-state index is -0.265. The molecule has 0 atom stereocenters. The van der Waals surface area contributed by atoms with Crippen LogP contribution in [0.1, 0.15) is 35.7 Å². The van der Waals surface area contributed by atoms with Gasteiger partial charge in [-0.15, -0.1) is 0 Å². The fraction of sp³-hybridized carbons (Fsp3) is 0.350. The average molecular weight is 324 g/mol. The van der Waals surface area contributed by atoms with Crippen LogP contribution in [0.4, 0.5) is 17.1 Å². The van der Waals surface area contributed by atoms with Gasteiger partial charge in [-0.1, -0.05) is 18.2 Å². The maximum absolute atomic E-state index is 12.2. The van der Waals surface area contributed by atoms with Gasteiger partial charge in [0, 0.05) is 18.8 Å². The summed E-state index contributed by atoms with van der Waals surface area (Å²) in [6.45, 7) is 6.31. The summed E-state index contributed by atoms with van der Waals surface area (Å²) in [4.78, 5) is 14.6. The summed E-state index contributed by atoms with van der Waals surface area (Å²) in [5.41, 5.74) is 4.72. The van der Waals surface area contributed by atoms with Crippen LogP contribution in [0.2, 0.25) is 0 Å². The molecule has 0 bridgehead atoms. The van der Waals surface area contributed by atoms with Gasteiger partial charge in [-0.05, 0) is 56.5 Å². The molecule has 1 saturated heterocycles. The Kier molecular flexibility index (Phi) is 5.04. The molecule has 0 amide bonds. The van der Waals surface area contributed by atoms with E-state index >= 15 is 0 Å². The molecule has 0 unspecified atom stereocenters. The second-order valence-corrected chi connectivity index (χ2v) is 6.04. The van der Waals surface area contributed by atoms with E-state index in [0.717, 1.165) is 35.7 Å². The minimum absolute atomic E-state index is 0.265. The van der Waals surface area contributed by atoms with Crippen molar-refractivity contribution >= 4 is 23.0 Å². The first-order valence-electron chi connectivity index (χ1n) is 8.58. The van der Waals surface area contributed by atoms with Crippen molar-refractivity contribution < 1.29 is 9.53 Å². The molecule has 2 aromatic rings. The summed E-state index contributed by atoms with van der Waals surface area (Å²) >= 11 is 0. The molecule has 2 aromatic carbocycles. The Balaban J connectivity index is 2.02. The molecule has 1 N–H and O–H groups in total. The van der Waals surface area contributed by atoms with Gasteiger partial charge in [0.05, 0.1) is 23.5 Å². The maximum atomic E-state index is 12.2. The van der Waals surface area contributed by atoms with Crippen LogP contribution in [-0.4, -0.2) is 25.7 Å². The summed E-state index contributed by atoms with van der Waals surface area (Å²) in [6.07, 6.45) is 2.42. The number of nitrogens with zero attached hydrogens (tertiary/aromatic N) is 1. The van der Waals surface area contributed by atoms with Crippen molar-refractivity contribution in [3.05, 3.63) is 53.6 Å². The number of hydrogen-bond donors (Lipinski definition) is 1. The Bertz CT molecular complexity index is 707. The number of esters is 1. The number of hydrogen-bond acceptors (Lipinski definition) is 4. The molecular formula is C20H24N2O2. The van der Waals surface area contributed by atoms with Gasteiger partial charge in [-0.25, -0.2) is 4.79 Å². The lowest BCUT2D eigenvalue weighted by molar-refractivity contribution is 0.0525. The summed E-state index contributed by atoms with van der Waals surface area (Å²) < 4.78 is 5.20. The SMILES string of the molecule is CCOC(=O)c1ccc(N2CCCC2)c(Nc2ccccc2)c1C. The number of benzene rings is 2. The third kappa shape index (κ3) is 3.37. The van der Waals surface area contributed by atoms with E-state index in [1.54, 1.807) is 0 Å². The molecule has 1 fully saturated rings. The summed E-state index contributed by atoms with van der Waals surface area (Å²) in [7, 11) is 0. The Morgan fingerprint density at radius 2 is 1.83 bits per heavy atom. The lowest BCUT2D eigenvalue weighted by Gasteiger charge is -2.24. The number of anilines is 3. The maximum Gasteiger partial charge on any atom is 0.338 e. The van der Waals surface area contributed by atoms with Crippen LogP contribution in [-0.2, 0) is 4.74 Å². The number of rotatable bonds is 5. The molecule has 126 valence electrons. The van der Waals surface area contributed by atoms with Crippen molar-refractivity contribution in [3.63, 3.8) is 0 Å². The van der Waals surface area contributed by atoms with Crippen LogP contribution in [0.5, 0.6) is 0 Å². The van der Waals surface area contributed by atoms with E-state index in [4.69, 9.17) is 4.74 Å². The first-order valence-corrected chi connectivity index (χ1v) is 8.58. The predicted octanol–water partition coefficient (Wildman–Crippen LogP) is 4.52. The molecular weight excluding hydrogens is 300 g/mol. The zero-order valence-corrected chi connectivity index (χ0v) is 14.3. The van der Waals surface area contributed by atoms with Crippen molar-refractivity contribution in [2.45, 2.75) is 26.7 Å². The molecule has 4 heteroatoms. The molecule has 0 aliphatic carbocycles. The fourth-order valence-electron chi connectivity index (χ4n) is 3.17. The second-order valence-electron chi connectivity index (χ2n) is 6.04. The van der Waals surface area contributed by atoms with E-state index in [2.05, 4.69) is 10.2 Å². The van der Waals surface area contributed by atoms with E-state index in [-0.39, 0.29) is 5.97 Å². The number of carbonyl (C=O) groups excluding carboxylic acids is 1. The van der Waals surface area contributed by atoms with Crippen LogP contribution in [0.3, 0.4) is 0 Å². The van der Waals surface area contributed by atoms with Crippen LogP contribution in [0.25, 0.3) is 0 Å². The van der Waals surface area contributed by atoms with Crippen LogP contribution < -0.4 is 10.2 Å². The molecule has 24 heavy (non-hydrogen) atoms. The Morgan fingerprint density at radius 1 is 1.12 bits per heavy atom. The first kappa shape index (κ1) is 16.4. The topological polar surface area (TPSA) is 41.6 Å². The highest BCUT2D eigenvalue weighted by molar-refractivity contribution is 5.95. The third-order valence-electron chi connectivity index (χ3n) is 4.43. The largest absolute Gasteiger partial charge is 0.462 e. The molecule has 3 rings (SSSR count). The monoisotopic (exact) mass is 324 g/mol. The highest BCUT2D eigenvalue weighted by atomic mass is 16.5. The van der Waals surface area contributed by atoms with Crippen molar-refractivity contribution in [1.82, 2.24) is 0 Å². The molecule has 1 aliphatic rings. The third-order valence-corrected chi connectivity index (χ3v) is 4.43. The lowest BCUT2D eigenvalue weighted by Crippen LogP contribution is -2.20. The van der Waals surface area contributed by atoms with E-state index < -0.39 is 0 Å². The van der Waals surface area contributed by atoms with Crippen LogP contribution in [0, 0.1) is 6.92 Å². The van der Waals surface area contributed by atoms with Crippen molar-refractivity contribution in [2.24, 2.45) is 0 Å². The Hall–Kier alpha value is -2.49. The van der Waals surface area contributed by atoms with E-state index in [1.165, 1.54) is 12.8 Å². The van der Waals surface area contributed by atoms with Gasteiger partial charge < -0.3 is 15.0 Å². The molecule has 0 aromatic heterocycles. The molecule has 4 nitrogen and oxygen atoms in total. The molecule has 1 heterocycles. The Morgan fingerprint density at radius 3 is 2.50 bits per heavy atom. The van der Waals surface area contributed by atoms with Crippen LogP contribution in [0.15, 0.2) is 42.5 Å². The average Bonchev–Trinajstić information content (AvgIpc) is 3.12. The summed E-state index contributed by atoms with van der Waals surface area (Å²) in [6, 6.07) is 14.0. The molecule has 0 saturated carbocycles. The number of carbonyl (C=O) groups is 1. The standard InChI is InChI=1S/C20H24N2O2/c1-3-24-20(23)17-11-12-18(22-13-7-8-14-22)19(15(17)2)21-16-9-5-4-6-10-16/h4-6,9-12,21H,3,7-8,13-14H2,1-2H3. The van der Waals surface area contributed by atoms with Gasteiger partial charge in [-0.3, -0.25) is 0 Å². The van der Waals surface area contributed by atoms with Gasteiger partial charge >= 0.3 is 5.97 Å². The van der Waals surface area contributed by atoms with Gasteiger partial charge in [-0.2, -0.15) is 0 Å². The summed E-state index contributed by atoms with van der Waals surface area (Å²) in [5.74, 6) is -0.265. The molecule has 1 aliphatic heterocycles. The van der Waals surface area contributed by atoms with Crippen molar-refractivity contribution in [3.8, 4) is 0 Å². The zero-order chi connectivity index (χ0) is 16.9. The summed E-state index contributed by atoms with van der Waals surface area (Å²) in [5, 5.41) is 3.51.